The van der Waals surface area contributed by atoms with Gasteiger partial charge in [-0.15, -0.1) is 0 Å². The van der Waals surface area contributed by atoms with Crippen LogP contribution in [0.2, 0.25) is 0 Å². The molecule has 4 rings (SSSR count). The number of carbonyl (C=O) groups is 1. The van der Waals surface area contributed by atoms with Crippen LogP contribution in [-0.4, -0.2) is 62.1 Å². The molecule has 0 bridgehead atoms. The third-order valence-electron chi connectivity index (χ3n) is 6.67. The summed E-state index contributed by atoms with van der Waals surface area (Å²) in [4.78, 5) is 21.1. The van der Waals surface area contributed by atoms with Crippen molar-refractivity contribution in [3.8, 4) is 0 Å². The van der Waals surface area contributed by atoms with Crippen LogP contribution in [0, 0.1) is 19.8 Å². The molecule has 0 amide bonds. The number of pyridine rings is 1. The summed E-state index contributed by atoms with van der Waals surface area (Å²) in [6, 6.07) is 6.26. The fourth-order valence-electron chi connectivity index (χ4n) is 4.75. The van der Waals surface area contributed by atoms with E-state index in [4.69, 9.17) is 0 Å². The Bertz CT molecular complexity index is 1130. The number of nitrogens with one attached hydrogen (secondary N) is 1. The Labute approximate surface area is 195 Å². The molecular formula is C24H32N4O4S. The number of piperidine rings is 1. The summed E-state index contributed by atoms with van der Waals surface area (Å²) < 4.78 is 28.2. The van der Waals surface area contributed by atoms with Crippen LogP contribution < -0.4 is 9.62 Å². The highest BCUT2D eigenvalue weighted by atomic mass is 32.2. The fraction of sp³-hybridized carbons (Fsp3) is 0.500. The number of aromatic carboxylic acids is 1. The molecule has 8 nitrogen and oxygen atoms in total. The van der Waals surface area contributed by atoms with E-state index >= 15 is 0 Å². The minimum atomic E-state index is -3.86. The zero-order valence-electron chi connectivity index (χ0n) is 19.2. The van der Waals surface area contributed by atoms with E-state index < -0.39 is 16.0 Å². The molecule has 1 aromatic heterocycles. The molecule has 1 aromatic carbocycles. The molecule has 3 heterocycles. The predicted molar refractivity (Wildman–Crippen MR) is 129 cm³/mol. The maximum Gasteiger partial charge on any atom is 0.339 e. The van der Waals surface area contributed by atoms with Gasteiger partial charge >= 0.3 is 5.97 Å². The van der Waals surface area contributed by atoms with Crippen LogP contribution in [0.25, 0.3) is 0 Å². The summed E-state index contributed by atoms with van der Waals surface area (Å²) in [7, 11) is -3.86. The molecule has 2 saturated heterocycles. The molecule has 0 radical (unpaired) electrons. The van der Waals surface area contributed by atoms with Gasteiger partial charge in [0.05, 0.1) is 16.8 Å². The Hall–Kier alpha value is -2.65. The Morgan fingerprint density at radius 1 is 1.12 bits per heavy atom. The van der Waals surface area contributed by atoms with Gasteiger partial charge in [-0.25, -0.2) is 18.2 Å². The average molecular weight is 473 g/mol. The molecule has 2 aromatic rings. The van der Waals surface area contributed by atoms with Gasteiger partial charge in [0, 0.05) is 19.6 Å². The number of carboxylic acid groups (broad SMARTS) is 1. The van der Waals surface area contributed by atoms with E-state index in [1.807, 2.05) is 18.7 Å². The van der Waals surface area contributed by atoms with Crippen LogP contribution >= 0.6 is 0 Å². The minimum Gasteiger partial charge on any atom is -0.478 e. The van der Waals surface area contributed by atoms with E-state index in [9.17, 15) is 18.3 Å². The SMILES string of the molecule is Cc1ccc(S(=O)(=O)Nc2cnc(N3CCC[C@H](CN4CCCC4)C3)c(C(=O)O)c2)cc1C. The first kappa shape index (κ1) is 23.5. The lowest BCUT2D eigenvalue weighted by Crippen LogP contribution is -2.41. The first-order valence-corrected chi connectivity index (χ1v) is 13.0. The maximum atomic E-state index is 12.8. The molecule has 1 atom stereocenters. The third kappa shape index (κ3) is 5.47. The molecule has 9 heteroatoms. The van der Waals surface area contributed by atoms with Crippen molar-refractivity contribution >= 4 is 27.5 Å². The smallest absolute Gasteiger partial charge is 0.339 e. The summed E-state index contributed by atoms with van der Waals surface area (Å²) in [6.07, 6.45) is 6.02. The highest BCUT2D eigenvalue weighted by molar-refractivity contribution is 7.92. The molecule has 33 heavy (non-hydrogen) atoms. The molecule has 2 fully saturated rings. The van der Waals surface area contributed by atoms with Gasteiger partial charge in [0.1, 0.15) is 11.4 Å². The Balaban J connectivity index is 1.53. The standard InChI is InChI=1S/C24H32N4O4S/c1-17-7-8-21(12-18(17)2)33(31,32)26-20-13-22(24(29)30)23(25-14-20)28-11-5-6-19(16-28)15-27-9-3-4-10-27/h7-8,12-14,19,26H,3-6,9-11,15-16H2,1-2H3,(H,29,30)/t19-/m1/s1. The zero-order chi connectivity index (χ0) is 23.6. The van der Waals surface area contributed by atoms with Crippen molar-refractivity contribution in [3.05, 3.63) is 47.2 Å². The topological polar surface area (TPSA) is 103 Å². The number of benzene rings is 1. The average Bonchev–Trinajstić information content (AvgIpc) is 3.28. The van der Waals surface area contributed by atoms with Gasteiger partial charge in [0.15, 0.2) is 0 Å². The summed E-state index contributed by atoms with van der Waals surface area (Å²) in [5.41, 5.74) is 2.01. The molecule has 178 valence electrons. The van der Waals surface area contributed by atoms with Crippen LogP contribution in [0.15, 0.2) is 35.4 Å². The summed E-state index contributed by atoms with van der Waals surface area (Å²) >= 11 is 0. The molecule has 2 aliphatic heterocycles. The molecule has 0 aliphatic carbocycles. The van der Waals surface area contributed by atoms with Gasteiger partial charge in [-0.3, -0.25) is 4.72 Å². The van der Waals surface area contributed by atoms with Crippen molar-refractivity contribution in [1.82, 2.24) is 9.88 Å². The number of likely N-dealkylation sites (tertiary alicyclic amines) is 1. The number of hydrogen-bond acceptors (Lipinski definition) is 6. The molecule has 2 aliphatic rings. The van der Waals surface area contributed by atoms with Crippen LogP contribution in [-0.2, 0) is 10.0 Å². The van der Waals surface area contributed by atoms with Gasteiger partial charge in [0.2, 0.25) is 0 Å². The molecule has 0 unspecified atom stereocenters. The van der Waals surface area contributed by atoms with E-state index in [0.29, 0.717) is 11.7 Å². The van der Waals surface area contributed by atoms with Gasteiger partial charge in [0.25, 0.3) is 10.0 Å². The van der Waals surface area contributed by atoms with Crippen molar-refractivity contribution in [2.24, 2.45) is 5.92 Å². The maximum absolute atomic E-state index is 12.8. The van der Waals surface area contributed by atoms with Crippen LogP contribution in [0.5, 0.6) is 0 Å². The first-order valence-electron chi connectivity index (χ1n) is 11.5. The molecule has 2 N–H and O–H groups in total. The van der Waals surface area contributed by atoms with Crippen LogP contribution in [0.1, 0.15) is 47.2 Å². The predicted octanol–water partition coefficient (Wildman–Crippen LogP) is 3.51. The molecular weight excluding hydrogens is 440 g/mol. The van der Waals surface area contributed by atoms with Crippen molar-refractivity contribution < 1.29 is 18.3 Å². The van der Waals surface area contributed by atoms with Gasteiger partial charge in [-0.2, -0.15) is 0 Å². The number of nitrogens with zero attached hydrogens (tertiary/aromatic N) is 3. The Morgan fingerprint density at radius 3 is 2.58 bits per heavy atom. The zero-order valence-corrected chi connectivity index (χ0v) is 20.1. The number of sulfonamides is 1. The first-order chi connectivity index (χ1) is 15.7. The van der Waals surface area contributed by atoms with Gasteiger partial charge < -0.3 is 14.9 Å². The van der Waals surface area contributed by atoms with Crippen molar-refractivity contribution in [2.75, 3.05) is 42.3 Å². The van der Waals surface area contributed by atoms with E-state index in [1.54, 1.807) is 18.2 Å². The number of hydrogen-bond donors (Lipinski definition) is 2. The largest absolute Gasteiger partial charge is 0.478 e. The minimum absolute atomic E-state index is 0.0112. The van der Waals surface area contributed by atoms with Crippen LogP contribution in [0.4, 0.5) is 11.5 Å². The number of rotatable bonds is 7. The summed E-state index contributed by atoms with van der Waals surface area (Å²) in [5, 5.41) is 9.85. The lowest BCUT2D eigenvalue weighted by Gasteiger charge is -2.36. The second-order valence-electron chi connectivity index (χ2n) is 9.21. The number of aromatic nitrogens is 1. The fourth-order valence-corrected chi connectivity index (χ4v) is 5.87. The lowest BCUT2D eigenvalue weighted by atomic mass is 9.97. The molecule has 0 saturated carbocycles. The molecule has 0 spiro atoms. The van der Waals surface area contributed by atoms with Gasteiger partial charge in [-0.05, 0) is 87.9 Å². The summed E-state index contributed by atoms with van der Waals surface area (Å²) in [6.45, 7) is 8.59. The lowest BCUT2D eigenvalue weighted by molar-refractivity contribution is 0.0697. The van der Waals surface area contributed by atoms with E-state index in [-0.39, 0.29) is 16.1 Å². The monoisotopic (exact) mass is 472 g/mol. The summed E-state index contributed by atoms with van der Waals surface area (Å²) in [5.74, 6) is -0.239. The highest BCUT2D eigenvalue weighted by Gasteiger charge is 2.27. The Morgan fingerprint density at radius 2 is 1.88 bits per heavy atom. The van der Waals surface area contributed by atoms with E-state index in [2.05, 4.69) is 14.6 Å². The van der Waals surface area contributed by atoms with E-state index in [1.165, 1.54) is 25.1 Å². The van der Waals surface area contributed by atoms with Crippen molar-refractivity contribution in [1.29, 1.82) is 0 Å². The quantitative estimate of drug-likeness (QED) is 0.636. The van der Waals surface area contributed by atoms with Crippen molar-refractivity contribution in [3.63, 3.8) is 0 Å². The number of carboxylic acids is 1. The van der Waals surface area contributed by atoms with E-state index in [0.717, 1.165) is 56.7 Å². The van der Waals surface area contributed by atoms with Crippen molar-refractivity contribution in [2.45, 2.75) is 44.4 Å². The Kier molecular flexibility index (Phi) is 6.90. The second kappa shape index (κ2) is 9.69. The number of anilines is 2. The van der Waals surface area contributed by atoms with Crippen LogP contribution in [0.3, 0.4) is 0 Å². The normalized spacial score (nSPS) is 19.6. The van der Waals surface area contributed by atoms with Gasteiger partial charge in [-0.1, -0.05) is 6.07 Å². The highest BCUT2D eigenvalue weighted by Crippen LogP contribution is 2.28. The number of aryl methyl sites for hydroxylation is 2. The third-order valence-corrected chi connectivity index (χ3v) is 8.05. The second-order valence-corrected chi connectivity index (χ2v) is 10.9.